The lowest BCUT2D eigenvalue weighted by Crippen LogP contribution is -2.60. The highest BCUT2D eigenvalue weighted by Crippen LogP contribution is 2.41. The van der Waals surface area contributed by atoms with Crippen LogP contribution in [0.4, 0.5) is 8.78 Å². The van der Waals surface area contributed by atoms with Gasteiger partial charge in [0.25, 0.3) is 5.92 Å². The van der Waals surface area contributed by atoms with Crippen molar-refractivity contribution in [3.8, 4) is 16.2 Å². The zero-order valence-electron chi connectivity index (χ0n) is 24.8. The fraction of sp³-hybridized carbons (Fsp3) is 0.485. The second-order valence-electron chi connectivity index (χ2n) is 12.5. The van der Waals surface area contributed by atoms with Gasteiger partial charge in [-0.05, 0) is 86.4 Å². The molecule has 3 unspecified atom stereocenters. The summed E-state index contributed by atoms with van der Waals surface area (Å²) in [6, 6.07) is 11.6. The van der Waals surface area contributed by atoms with Gasteiger partial charge in [0.15, 0.2) is 6.04 Å². The predicted molar refractivity (Wildman–Crippen MR) is 172 cm³/mol. The van der Waals surface area contributed by atoms with Crippen LogP contribution < -0.4 is 15.2 Å². The Hall–Kier alpha value is -2.57. The minimum atomic E-state index is -4.53. The second-order valence-corrected chi connectivity index (χ2v) is 15.9. The van der Waals surface area contributed by atoms with Gasteiger partial charge in [0.05, 0.1) is 15.8 Å². The quantitative estimate of drug-likeness (QED) is 0.242. The normalized spacial score (nSPS) is 23.2. The summed E-state index contributed by atoms with van der Waals surface area (Å²) in [5.74, 6) is -3.83. The van der Waals surface area contributed by atoms with E-state index in [0.717, 1.165) is 17.7 Å². The Morgan fingerprint density at radius 1 is 0.978 bits per heavy atom. The second kappa shape index (κ2) is 13.3. The molecule has 3 N–H and O–H groups in total. The third-order valence-electron chi connectivity index (χ3n) is 9.38. The first-order chi connectivity index (χ1) is 21.5. The van der Waals surface area contributed by atoms with E-state index in [9.17, 15) is 13.2 Å². The Morgan fingerprint density at radius 3 is 2.22 bits per heavy atom. The maximum Gasteiger partial charge on any atom is 0.298 e. The molecule has 0 radical (unpaired) electrons. The molecule has 2 aromatic carbocycles. The van der Waals surface area contributed by atoms with Gasteiger partial charge in [-0.3, -0.25) is 4.79 Å². The first-order valence-electron chi connectivity index (χ1n) is 15.6. The predicted octanol–water partition coefficient (Wildman–Crippen LogP) is 6.95. The van der Waals surface area contributed by atoms with Gasteiger partial charge in [0.1, 0.15) is 5.75 Å². The molecule has 3 atom stereocenters. The van der Waals surface area contributed by atoms with E-state index in [1.807, 2.05) is 0 Å². The van der Waals surface area contributed by atoms with Gasteiger partial charge in [-0.2, -0.15) is 13.5 Å². The summed E-state index contributed by atoms with van der Waals surface area (Å²) in [4.78, 5) is 16.0. The van der Waals surface area contributed by atoms with E-state index < -0.39 is 33.5 Å². The number of nitrogens with two attached hydrogens (primary N) is 1. The molecule has 1 aliphatic carbocycles. The fourth-order valence-corrected chi connectivity index (χ4v) is 9.24. The van der Waals surface area contributed by atoms with Gasteiger partial charge in [-0.15, -0.1) is 11.3 Å². The topological polar surface area (TPSA) is 102 Å². The summed E-state index contributed by atoms with van der Waals surface area (Å²) in [7, 11) is -4.53. The minimum Gasteiger partial charge on any atom is -0.493 e. The van der Waals surface area contributed by atoms with Crippen molar-refractivity contribution >= 4 is 38.9 Å². The summed E-state index contributed by atoms with van der Waals surface area (Å²) in [5, 5.41) is 0. The Balaban J connectivity index is 1.26. The number of piperidine rings is 1. The summed E-state index contributed by atoms with van der Waals surface area (Å²) >= 11 is 7.36. The monoisotopic (exact) mass is 677 g/mol. The number of hydrogen-bond donors (Lipinski definition) is 2. The number of alkyl halides is 2. The minimum absolute atomic E-state index is 0.126. The SMILES string of the molecule is NC1CC2CCC(C1)N2C(=O)C(NS(=O)(=O)c1ccc(OCC2CCCCC2)cc1)C(F)(F)c1ccc(-c2ccc(Cl)s2)cc1. The number of hydrogen-bond acceptors (Lipinski definition) is 6. The number of fused-ring (bicyclic) bond motifs is 2. The number of benzene rings is 2. The third-order valence-corrected chi connectivity index (χ3v) is 12.1. The molecular weight excluding hydrogens is 640 g/mol. The van der Waals surface area contributed by atoms with E-state index in [1.54, 1.807) is 12.1 Å². The average molecular weight is 678 g/mol. The zero-order chi connectivity index (χ0) is 31.8. The molecule has 3 heterocycles. The van der Waals surface area contributed by atoms with Gasteiger partial charge in [-0.1, -0.05) is 55.1 Å². The molecule has 3 aromatic rings. The lowest BCUT2D eigenvalue weighted by atomic mass is 9.90. The van der Waals surface area contributed by atoms with Crippen LogP contribution in [-0.4, -0.2) is 50.0 Å². The van der Waals surface area contributed by atoms with Crippen molar-refractivity contribution in [2.75, 3.05) is 6.61 Å². The molecule has 7 nitrogen and oxygen atoms in total. The molecule has 2 saturated heterocycles. The van der Waals surface area contributed by atoms with E-state index in [2.05, 4.69) is 4.72 Å². The number of nitrogens with one attached hydrogen (secondary N) is 1. The number of carbonyl (C=O) groups is 1. The first-order valence-corrected chi connectivity index (χ1v) is 18.3. The first kappa shape index (κ1) is 32.4. The van der Waals surface area contributed by atoms with Gasteiger partial charge < -0.3 is 15.4 Å². The highest BCUT2D eigenvalue weighted by Gasteiger charge is 2.53. The van der Waals surface area contributed by atoms with Crippen LogP contribution in [0.15, 0.2) is 65.6 Å². The number of nitrogens with zero attached hydrogens (tertiary/aromatic N) is 1. The molecule has 1 aromatic heterocycles. The maximum absolute atomic E-state index is 16.5. The van der Waals surface area contributed by atoms with Crippen molar-refractivity contribution in [1.29, 1.82) is 0 Å². The van der Waals surface area contributed by atoms with Crippen LogP contribution in [0.25, 0.3) is 10.4 Å². The number of amides is 1. The van der Waals surface area contributed by atoms with Crippen molar-refractivity contribution in [2.45, 2.75) is 92.8 Å². The van der Waals surface area contributed by atoms with E-state index in [-0.39, 0.29) is 23.0 Å². The van der Waals surface area contributed by atoms with Crippen molar-refractivity contribution in [3.63, 3.8) is 0 Å². The van der Waals surface area contributed by atoms with Gasteiger partial charge in [0, 0.05) is 28.6 Å². The molecule has 3 fully saturated rings. The van der Waals surface area contributed by atoms with Crippen LogP contribution in [0.3, 0.4) is 0 Å². The molecule has 12 heteroatoms. The molecule has 0 spiro atoms. The number of carbonyl (C=O) groups excluding carboxylic acids is 1. The summed E-state index contributed by atoms with van der Waals surface area (Å²) in [6.07, 6.45) is 8.10. The molecule has 2 bridgehead atoms. The molecule has 2 aliphatic heterocycles. The number of halogens is 3. The van der Waals surface area contributed by atoms with Crippen LogP contribution in [0.2, 0.25) is 4.34 Å². The number of sulfonamides is 1. The molecule has 1 amide bonds. The number of rotatable bonds is 10. The molecular formula is C33H38ClF2N3O4S2. The fourth-order valence-electron chi connectivity index (χ4n) is 7.01. The largest absolute Gasteiger partial charge is 0.493 e. The van der Waals surface area contributed by atoms with Crippen molar-refractivity contribution in [1.82, 2.24) is 9.62 Å². The van der Waals surface area contributed by atoms with Gasteiger partial charge in [0.2, 0.25) is 15.9 Å². The Labute approximate surface area is 272 Å². The van der Waals surface area contributed by atoms with E-state index in [1.165, 1.54) is 84.0 Å². The van der Waals surface area contributed by atoms with Gasteiger partial charge in [-0.25, -0.2) is 8.42 Å². The highest BCUT2D eigenvalue weighted by molar-refractivity contribution is 7.89. The summed E-state index contributed by atoms with van der Waals surface area (Å²) in [5.41, 5.74) is 6.39. The highest BCUT2D eigenvalue weighted by atomic mass is 35.5. The van der Waals surface area contributed by atoms with Crippen molar-refractivity contribution in [3.05, 3.63) is 70.6 Å². The van der Waals surface area contributed by atoms with Crippen LogP contribution in [0.5, 0.6) is 5.75 Å². The summed E-state index contributed by atoms with van der Waals surface area (Å²) in [6.45, 7) is 0.549. The lowest BCUT2D eigenvalue weighted by Gasteiger charge is -2.41. The van der Waals surface area contributed by atoms with Gasteiger partial charge >= 0.3 is 0 Å². The number of ether oxygens (including phenoxy) is 1. The van der Waals surface area contributed by atoms with E-state index in [4.69, 9.17) is 22.1 Å². The molecule has 1 saturated carbocycles. The zero-order valence-corrected chi connectivity index (χ0v) is 27.2. The molecule has 242 valence electrons. The van der Waals surface area contributed by atoms with Crippen LogP contribution in [0, 0.1) is 5.92 Å². The Morgan fingerprint density at radius 2 is 1.62 bits per heavy atom. The van der Waals surface area contributed by atoms with Crippen molar-refractivity contribution in [2.24, 2.45) is 11.7 Å². The average Bonchev–Trinajstić information content (AvgIpc) is 3.59. The Kier molecular flexibility index (Phi) is 9.55. The smallest absolute Gasteiger partial charge is 0.298 e. The van der Waals surface area contributed by atoms with Crippen LogP contribution in [0.1, 0.15) is 63.4 Å². The Bertz CT molecular complexity index is 1580. The molecule has 3 aliphatic rings. The van der Waals surface area contributed by atoms with Crippen LogP contribution >= 0.6 is 22.9 Å². The molecule has 6 rings (SSSR count). The lowest BCUT2D eigenvalue weighted by molar-refractivity contribution is -0.149. The maximum atomic E-state index is 16.5. The van der Waals surface area contributed by atoms with E-state index in [0.29, 0.717) is 53.9 Å². The van der Waals surface area contributed by atoms with Crippen LogP contribution in [-0.2, 0) is 20.7 Å². The van der Waals surface area contributed by atoms with Crippen molar-refractivity contribution < 1.29 is 26.7 Å². The number of thiophene rings is 1. The standard InChI is InChI=1S/C33H38ClF2N3O4S2/c34-30-17-16-29(44-30)22-6-8-23(9-7-22)33(35,36)31(32(40)39-25-10-11-26(39)19-24(37)18-25)38-45(41,42)28-14-12-27(13-15-28)43-20-21-4-2-1-3-5-21/h6-9,12-17,21,24-26,31,38H,1-5,10-11,18-20,37H2. The molecule has 45 heavy (non-hydrogen) atoms. The van der Waals surface area contributed by atoms with E-state index >= 15 is 8.78 Å². The third kappa shape index (κ3) is 7.07. The summed E-state index contributed by atoms with van der Waals surface area (Å²) < 4.78 is 68.7.